The fraction of sp³-hybridized carbons (Fsp3) is 0.500. The Hall–Kier alpha value is -1.06. The monoisotopic (exact) mass is 208 g/mol. The number of rotatable bonds is 6. The molecule has 1 N–H and O–H groups in total. The third-order valence-electron chi connectivity index (χ3n) is 2.33. The quantitative estimate of drug-likeness (QED) is 0.723. The number of likely N-dealkylation sites (N-methyl/N-ethyl adjacent to an activating group) is 2. The van der Waals surface area contributed by atoms with Gasteiger partial charge in [-0.25, -0.2) is 0 Å². The van der Waals surface area contributed by atoms with Gasteiger partial charge < -0.3 is 9.73 Å². The summed E-state index contributed by atoms with van der Waals surface area (Å²) in [7, 11) is 4.03. The molecule has 0 fully saturated rings. The normalized spacial score (nSPS) is 10.9. The van der Waals surface area contributed by atoms with Gasteiger partial charge in [-0.3, -0.25) is 4.90 Å². The number of nitrogens with one attached hydrogen (secondary N) is 1. The molecule has 0 saturated carbocycles. The first-order chi connectivity index (χ1) is 7.13. The molecule has 1 aromatic rings. The average Bonchev–Trinajstić information content (AvgIpc) is 2.52. The number of furan rings is 1. The molecule has 0 atom stereocenters. The average molecular weight is 208 g/mol. The van der Waals surface area contributed by atoms with E-state index in [4.69, 9.17) is 4.42 Å². The second-order valence-electron chi connectivity index (χ2n) is 3.95. The summed E-state index contributed by atoms with van der Waals surface area (Å²) in [5, 5.41) is 3.10. The Morgan fingerprint density at radius 1 is 1.60 bits per heavy atom. The number of hydrogen-bond donors (Lipinski definition) is 1. The smallest absolute Gasteiger partial charge is 0.105 e. The van der Waals surface area contributed by atoms with Gasteiger partial charge in [0.2, 0.25) is 0 Å². The molecule has 3 heteroatoms. The molecule has 0 saturated heterocycles. The van der Waals surface area contributed by atoms with Crippen LogP contribution in [0.5, 0.6) is 0 Å². The SMILES string of the molecule is C=C(CNC)CN(C)Cc1ccoc1C. The molecule has 0 spiro atoms. The molecule has 1 aromatic heterocycles. The first-order valence-electron chi connectivity index (χ1n) is 5.16. The number of nitrogens with zero attached hydrogens (tertiary/aromatic N) is 1. The van der Waals surface area contributed by atoms with Gasteiger partial charge in [0, 0.05) is 25.2 Å². The molecule has 0 bridgehead atoms. The zero-order valence-corrected chi connectivity index (χ0v) is 9.84. The molecular formula is C12H20N2O. The van der Waals surface area contributed by atoms with Crippen molar-refractivity contribution in [3.63, 3.8) is 0 Å². The Bertz CT molecular complexity index is 317. The maximum Gasteiger partial charge on any atom is 0.105 e. The molecule has 3 nitrogen and oxygen atoms in total. The molecule has 1 rings (SSSR count). The maximum atomic E-state index is 5.26. The van der Waals surface area contributed by atoms with E-state index in [-0.39, 0.29) is 0 Å². The molecule has 15 heavy (non-hydrogen) atoms. The van der Waals surface area contributed by atoms with E-state index in [2.05, 4.69) is 23.8 Å². The second-order valence-corrected chi connectivity index (χ2v) is 3.95. The predicted molar refractivity (Wildman–Crippen MR) is 62.8 cm³/mol. The van der Waals surface area contributed by atoms with E-state index in [1.807, 2.05) is 20.0 Å². The van der Waals surface area contributed by atoms with Crippen LogP contribution < -0.4 is 5.32 Å². The largest absolute Gasteiger partial charge is 0.469 e. The standard InChI is InChI=1S/C12H20N2O/c1-10(7-13-3)8-14(4)9-12-5-6-15-11(12)2/h5-6,13H,1,7-9H2,2-4H3. The third-order valence-corrected chi connectivity index (χ3v) is 2.33. The first kappa shape index (κ1) is 12.0. The minimum absolute atomic E-state index is 0.870. The summed E-state index contributed by atoms with van der Waals surface area (Å²) in [6, 6.07) is 2.02. The Kier molecular flexibility index (Phi) is 4.59. The van der Waals surface area contributed by atoms with Gasteiger partial charge in [0.25, 0.3) is 0 Å². The lowest BCUT2D eigenvalue weighted by Gasteiger charge is -2.17. The van der Waals surface area contributed by atoms with E-state index in [9.17, 15) is 0 Å². The Morgan fingerprint density at radius 2 is 2.33 bits per heavy atom. The molecule has 84 valence electrons. The summed E-state index contributed by atoms with van der Waals surface area (Å²) in [6.45, 7) is 8.69. The third kappa shape index (κ3) is 3.90. The van der Waals surface area contributed by atoms with E-state index in [1.165, 1.54) is 11.1 Å². The van der Waals surface area contributed by atoms with Crippen LogP contribution in [0.1, 0.15) is 11.3 Å². The molecule has 0 aromatic carbocycles. The van der Waals surface area contributed by atoms with Gasteiger partial charge in [-0.2, -0.15) is 0 Å². The summed E-state index contributed by atoms with van der Waals surface area (Å²) in [5.41, 5.74) is 2.44. The van der Waals surface area contributed by atoms with Crippen LogP contribution in [0.3, 0.4) is 0 Å². The van der Waals surface area contributed by atoms with Crippen molar-refractivity contribution < 1.29 is 4.42 Å². The highest BCUT2D eigenvalue weighted by molar-refractivity contribution is 5.15. The minimum atomic E-state index is 0.870. The maximum absolute atomic E-state index is 5.26. The van der Waals surface area contributed by atoms with Crippen molar-refractivity contribution in [3.05, 3.63) is 35.8 Å². The van der Waals surface area contributed by atoms with Gasteiger partial charge >= 0.3 is 0 Å². The van der Waals surface area contributed by atoms with Gasteiger partial charge in [0.15, 0.2) is 0 Å². The zero-order valence-electron chi connectivity index (χ0n) is 9.84. The molecule has 0 aliphatic carbocycles. The van der Waals surface area contributed by atoms with Crippen molar-refractivity contribution in [1.82, 2.24) is 10.2 Å². The number of hydrogen-bond acceptors (Lipinski definition) is 3. The summed E-state index contributed by atoms with van der Waals surface area (Å²) in [6.07, 6.45) is 1.74. The lowest BCUT2D eigenvalue weighted by molar-refractivity contribution is 0.349. The van der Waals surface area contributed by atoms with Crippen molar-refractivity contribution in [3.8, 4) is 0 Å². The molecule has 0 aliphatic heterocycles. The van der Waals surface area contributed by atoms with Crippen LogP contribution in [0, 0.1) is 6.92 Å². The summed E-state index contributed by atoms with van der Waals surface area (Å²) in [5.74, 6) is 1.00. The van der Waals surface area contributed by atoms with Gasteiger partial charge in [-0.05, 0) is 32.7 Å². The Balaban J connectivity index is 2.39. The fourth-order valence-corrected chi connectivity index (χ4v) is 1.61. The van der Waals surface area contributed by atoms with Gasteiger partial charge in [0.05, 0.1) is 6.26 Å². The Labute approximate surface area is 91.8 Å². The van der Waals surface area contributed by atoms with Crippen molar-refractivity contribution in [1.29, 1.82) is 0 Å². The summed E-state index contributed by atoms with van der Waals surface area (Å²) >= 11 is 0. The van der Waals surface area contributed by atoms with Crippen LogP contribution in [0.4, 0.5) is 0 Å². The molecule has 0 radical (unpaired) electrons. The van der Waals surface area contributed by atoms with Crippen LogP contribution in [-0.4, -0.2) is 32.1 Å². The lowest BCUT2D eigenvalue weighted by Crippen LogP contribution is -2.24. The van der Waals surface area contributed by atoms with E-state index in [0.717, 1.165) is 25.4 Å². The van der Waals surface area contributed by atoms with E-state index in [1.54, 1.807) is 6.26 Å². The predicted octanol–water partition coefficient (Wildman–Crippen LogP) is 1.80. The second kappa shape index (κ2) is 5.73. The molecule has 0 amide bonds. The van der Waals surface area contributed by atoms with Crippen molar-refractivity contribution in [2.24, 2.45) is 0 Å². The lowest BCUT2D eigenvalue weighted by atomic mass is 10.2. The highest BCUT2D eigenvalue weighted by Gasteiger charge is 2.06. The Morgan fingerprint density at radius 3 is 2.87 bits per heavy atom. The highest BCUT2D eigenvalue weighted by atomic mass is 16.3. The highest BCUT2D eigenvalue weighted by Crippen LogP contribution is 2.11. The first-order valence-corrected chi connectivity index (χ1v) is 5.16. The number of aryl methyl sites for hydroxylation is 1. The van der Waals surface area contributed by atoms with Crippen LogP contribution >= 0.6 is 0 Å². The zero-order chi connectivity index (χ0) is 11.3. The molecule has 0 aliphatic rings. The van der Waals surface area contributed by atoms with Crippen LogP contribution in [0.2, 0.25) is 0 Å². The molecule has 0 unspecified atom stereocenters. The fourth-order valence-electron chi connectivity index (χ4n) is 1.61. The van der Waals surface area contributed by atoms with E-state index >= 15 is 0 Å². The van der Waals surface area contributed by atoms with Crippen molar-refractivity contribution in [2.45, 2.75) is 13.5 Å². The van der Waals surface area contributed by atoms with Crippen molar-refractivity contribution in [2.75, 3.05) is 27.2 Å². The topological polar surface area (TPSA) is 28.4 Å². The van der Waals surface area contributed by atoms with Crippen molar-refractivity contribution >= 4 is 0 Å². The van der Waals surface area contributed by atoms with Gasteiger partial charge in [-0.1, -0.05) is 6.58 Å². The minimum Gasteiger partial charge on any atom is -0.469 e. The summed E-state index contributed by atoms with van der Waals surface area (Å²) < 4.78 is 5.26. The van der Waals surface area contributed by atoms with Gasteiger partial charge in [-0.15, -0.1) is 0 Å². The summed E-state index contributed by atoms with van der Waals surface area (Å²) in [4.78, 5) is 2.23. The molecule has 1 heterocycles. The molecular weight excluding hydrogens is 188 g/mol. The van der Waals surface area contributed by atoms with E-state index in [0.29, 0.717) is 0 Å². The van der Waals surface area contributed by atoms with Gasteiger partial charge in [0.1, 0.15) is 5.76 Å². The van der Waals surface area contributed by atoms with Crippen LogP contribution in [0.15, 0.2) is 28.9 Å². The van der Waals surface area contributed by atoms with Crippen LogP contribution in [-0.2, 0) is 6.54 Å². The van der Waals surface area contributed by atoms with E-state index < -0.39 is 0 Å². The van der Waals surface area contributed by atoms with Crippen LogP contribution in [0.25, 0.3) is 0 Å².